The Morgan fingerprint density at radius 2 is 1.12 bits per heavy atom. The number of hydrogen-bond donors (Lipinski definition) is 0. The highest BCUT2D eigenvalue weighted by Gasteiger charge is 2.21. The second-order valence-electron chi connectivity index (χ2n) is 5.44. The Kier molecular flexibility index (Phi) is 5.27. The zero-order valence-corrected chi connectivity index (χ0v) is 15.1. The van der Waals surface area contributed by atoms with Crippen LogP contribution in [0.2, 0.25) is 0 Å². The quantitative estimate of drug-likeness (QED) is 0.777. The molecule has 0 bridgehead atoms. The molecule has 0 saturated carbocycles. The molecular weight excluding hydrogens is 344 g/mol. The third kappa shape index (κ3) is 3.56. The first-order valence-electron chi connectivity index (χ1n) is 7.35. The second kappa shape index (κ2) is 7.06. The first-order chi connectivity index (χ1) is 11.7. The number of rotatable bonds is 4. The van der Waals surface area contributed by atoms with E-state index < -0.39 is 21.8 Å². The molecule has 132 valence electrons. The molecule has 0 heterocycles. The van der Waals surface area contributed by atoms with Gasteiger partial charge in [0.2, 0.25) is 9.84 Å². The zero-order valence-electron chi connectivity index (χ0n) is 14.3. The summed E-state index contributed by atoms with van der Waals surface area (Å²) in [5.74, 6) is -1.06. The Labute approximate surface area is 146 Å². The van der Waals surface area contributed by atoms with E-state index in [-0.39, 0.29) is 9.79 Å². The van der Waals surface area contributed by atoms with Crippen molar-refractivity contribution in [2.75, 3.05) is 14.2 Å². The third-order valence-corrected chi connectivity index (χ3v) is 5.58. The maximum atomic E-state index is 12.8. The summed E-state index contributed by atoms with van der Waals surface area (Å²) in [6.45, 7) is 3.27. The van der Waals surface area contributed by atoms with Gasteiger partial charge >= 0.3 is 11.9 Å². The molecule has 0 aliphatic rings. The molecule has 25 heavy (non-hydrogen) atoms. The van der Waals surface area contributed by atoms with Crippen LogP contribution in [0.3, 0.4) is 0 Å². The van der Waals surface area contributed by atoms with Crippen molar-refractivity contribution >= 4 is 21.8 Å². The van der Waals surface area contributed by atoms with Crippen molar-refractivity contribution < 1.29 is 27.5 Å². The lowest BCUT2D eigenvalue weighted by Crippen LogP contribution is -2.09. The maximum absolute atomic E-state index is 12.8. The molecule has 0 N–H and O–H groups in total. The fourth-order valence-electron chi connectivity index (χ4n) is 2.42. The lowest BCUT2D eigenvalue weighted by molar-refractivity contribution is 0.0591. The number of sulfone groups is 1. The van der Waals surface area contributed by atoms with Gasteiger partial charge in [0.15, 0.2) is 0 Å². The van der Waals surface area contributed by atoms with Gasteiger partial charge in [0.1, 0.15) is 0 Å². The summed E-state index contributed by atoms with van der Waals surface area (Å²) < 4.78 is 34.9. The Morgan fingerprint density at radius 1 is 0.760 bits per heavy atom. The largest absolute Gasteiger partial charge is 0.465 e. The highest BCUT2D eigenvalue weighted by molar-refractivity contribution is 7.91. The number of aryl methyl sites for hydroxylation is 2. The van der Waals surface area contributed by atoms with E-state index in [1.165, 1.54) is 50.6 Å². The van der Waals surface area contributed by atoms with Crippen LogP contribution in [0.4, 0.5) is 0 Å². The van der Waals surface area contributed by atoms with Crippen molar-refractivity contribution in [3.8, 4) is 0 Å². The summed E-state index contributed by atoms with van der Waals surface area (Å²) in [5.41, 5.74) is 1.60. The van der Waals surface area contributed by atoms with Crippen LogP contribution < -0.4 is 0 Å². The minimum atomic E-state index is -3.79. The van der Waals surface area contributed by atoms with Crippen LogP contribution in [0.5, 0.6) is 0 Å². The fraction of sp³-hybridized carbons (Fsp3) is 0.222. The standard InChI is InChI=1S/C18H18O6S/c1-11-9-13(5-7-15(11)17(19)23-3)25(21,22)14-6-8-16(12(2)10-14)18(20)24-4/h5-10H,1-4H3. The van der Waals surface area contributed by atoms with E-state index >= 15 is 0 Å². The van der Waals surface area contributed by atoms with Gasteiger partial charge in [0, 0.05) is 0 Å². The topological polar surface area (TPSA) is 86.7 Å². The molecule has 2 aromatic rings. The highest BCUT2D eigenvalue weighted by atomic mass is 32.2. The predicted molar refractivity (Wildman–Crippen MR) is 90.5 cm³/mol. The van der Waals surface area contributed by atoms with E-state index in [1.807, 2.05) is 0 Å². The van der Waals surface area contributed by atoms with Crippen LogP contribution in [-0.2, 0) is 19.3 Å². The third-order valence-electron chi connectivity index (χ3n) is 3.83. The monoisotopic (exact) mass is 362 g/mol. The Balaban J connectivity index is 2.49. The molecule has 7 heteroatoms. The number of ether oxygens (including phenoxy) is 2. The van der Waals surface area contributed by atoms with Gasteiger partial charge in [-0.05, 0) is 61.4 Å². The van der Waals surface area contributed by atoms with E-state index in [9.17, 15) is 18.0 Å². The van der Waals surface area contributed by atoms with Crippen molar-refractivity contribution in [1.82, 2.24) is 0 Å². The lowest BCUT2D eigenvalue weighted by Gasteiger charge is -2.10. The molecule has 0 aromatic heterocycles. The van der Waals surface area contributed by atoms with Gasteiger partial charge in [-0.1, -0.05) is 0 Å². The number of benzene rings is 2. The number of esters is 2. The van der Waals surface area contributed by atoms with Gasteiger partial charge in [0.05, 0.1) is 35.1 Å². The maximum Gasteiger partial charge on any atom is 0.338 e. The Morgan fingerprint density at radius 3 is 1.40 bits per heavy atom. The summed E-state index contributed by atoms with van der Waals surface area (Å²) in [6.07, 6.45) is 0. The fourth-order valence-corrected chi connectivity index (χ4v) is 3.85. The van der Waals surface area contributed by atoms with Gasteiger partial charge in [-0.15, -0.1) is 0 Å². The summed E-state index contributed by atoms with van der Waals surface area (Å²) in [4.78, 5) is 23.4. The molecule has 0 atom stereocenters. The molecule has 2 rings (SSSR count). The molecule has 0 fully saturated rings. The van der Waals surface area contributed by atoms with Crippen LogP contribution in [0, 0.1) is 13.8 Å². The highest BCUT2D eigenvalue weighted by Crippen LogP contribution is 2.25. The van der Waals surface area contributed by atoms with Gasteiger partial charge in [-0.2, -0.15) is 0 Å². The number of methoxy groups -OCH3 is 2. The van der Waals surface area contributed by atoms with Crippen LogP contribution >= 0.6 is 0 Å². The van der Waals surface area contributed by atoms with E-state index in [0.29, 0.717) is 22.3 Å². The van der Waals surface area contributed by atoms with Crippen LogP contribution in [-0.4, -0.2) is 34.6 Å². The zero-order chi connectivity index (χ0) is 18.8. The molecule has 0 aliphatic heterocycles. The van der Waals surface area contributed by atoms with Crippen molar-refractivity contribution in [2.24, 2.45) is 0 Å². The van der Waals surface area contributed by atoms with Gasteiger partial charge in [-0.3, -0.25) is 0 Å². The van der Waals surface area contributed by atoms with Crippen molar-refractivity contribution in [2.45, 2.75) is 23.6 Å². The number of carbonyl (C=O) groups is 2. The predicted octanol–water partition coefficient (Wildman–Crippen LogP) is 2.71. The SMILES string of the molecule is COC(=O)c1ccc(S(=O)(=O)c2ccc(C(=O)OC)c(C)c2)cc1C. The minimum absolute atomic E-state index is 0.0582. The van der Waals surface area contributed by atoms with Crippen molar-refractivity contribution in [3.05, 3.63) is 58.7 Å². The second-order valence-corrected chi connectivity index (χ2v) is 7.39. The van der Waals surface area contributed by atoms with Crippen LogP contribution in [0.1, 0.15) is 31.8 Å². The van der Waals surface area contributed by atoms with E-state index in [4.69, 9.17) is 0 Å². The van der Waals surface area contributed by atoms with Crippen LogP contribution in [0.25, 0.3) is 0 Å². The first kappa shape index (κ1) is 18.7. The normalized spacial score (nSPS) is 11.0. The van der Waals surface area contributed by atoms with Crippen molar-refractivity contribution in [3.63, 3.8) is 0 Å². The van der Waals surface area contributed by atoms with Gasteiger partial charge < -0.3 is 9.47 Å². The minimum Gasteiger partial charge on any atom is -0.465 e. The molecule has 0 spiro atoms. The summed E-state index contributed by atoms with van der Waals surface area (Å²) in [6, 6.07) is 8.40. The lowest BCUT2D eigenvalue weighted by atomic mass is 10.1. The van der Waals surface area contributed by atoms with Crippen molar-refractivity contribution in [1.29, 1.82) is 0 Å². The summed E-state index contributed by atoms with van der Waals surface area (Å²) in [7, 11) is -1.26. The van der Waals surface area contributed by atoms with E-state index in [0.717, 1.165) is 0 Å². The molecular formula is C18H18O6S. The van der Waals surface area contributed by atoms with E-state index in [1.54, 1.807) is 13.8 Å². The Bertz CT molecular complexity index is 873. The smallest absolute Gasteiger partial charge is 0.338 e. The molecule has 0 saturated heterocycles. The van der Waals surface area contributed by atoms with Crippen LogP contribution in [0.15, 0.2) is 46.2 Å². The van der Waals surface area contributed by atoms with E-state index in [2.05, 4.69) is 9.47 Å². The number of carbonyl (C=O) groups excluding carboxylic acids is 2. The summed E-state index contributed by atoms with van der Waals surface area (Å²) >= 11 is 0. The number of hydrogen-bond acceptors (Lipinski definition) is 6. The first-order valence-corrected chi connectivity index (χ1v) is 8.83. The molecule has 2 aromatic carbocycles. The molecule has 0 amide bonds. The Hall–Kier alpha value is -2.67. The molecule has 0 radical (unpaired) electrons. The van der Waals surface area contributed by atoms with Gasteiger partial charge in [-0.25, -0.2) is 18.0 Å². The molecule has 0 aliphatic carbocycles. The van der Waals surface area contributed by atoms with Gasteiger partial charge in [0.25, 0.3) is 0 Å². The molecule has 0 unspecified atom stereocenters. The average Bonchev–Trinajstić information content (AvgIpc) is 2.60. The molecule has 6 nitrogen and oxygen atoms in total. The average molecular weight is 362 g/mol. The summed E-state index contributed by atoms with van der Waals surface area (Å²) in [5, 5.41) is 0.